The van der Waals surface area contributed by atoms with E-state index in [0.717, 1.165) is 17.9 Å². The van der Waals surface area contributed by atoms with Gasteiger partial charge in [-0.15, -0.1) is 12.4 Å². The van der Waals surface area contributed by atoms with E-state index in [1.807, 2.05) is 0 Å². The third kappa shape index (κ3) is 3.82. The molecule has 0 aromatic heterocycles. The van der Waals surface area contributed by atoms with Crippen LogP contribution in [0.25, 0.3) is 0 Å². The van der Waals surface area contributed by atoms with Crippen molar-refractivity contribution in [3.05, 3.63) is 71.8 Å². The summed E-state index contributed by atoms with van der Waals surface area (Å²) >= 11 is 0. The molecule has 0 amide bonds. The average Bonchev–Trinajstić information content (AvgIpc) is 3.54. The van der Waals surface area contributed by atoms with Gasteiger partial charge in [-0.05, 0) is 68.2 Å². The number of piperidine rings is 3. The summed E-state index contributed by atoms with van der Waals surface area (Å²) in [4.78, 5) is 2.81. The smallest absolute Gasteiger partial charge is 0.0220 e. The molecule has 1 saturated carbocycles. The van der Waals surface area contributed by atoms with Crippen LogP contribution in [0.1, 0.15) is 56.1 Å². The van der Waals surface area contributed by atoms with Gasteiger partial charge in [0.15, 0.2) is 0 Å². The molecule has 3 aliphatic heterocycles. The molecule has 2 heteroatoms. The average molecular weight is 382 g/mol. The molecule has 4 fully saturated rings. The zero-order valence-corrected chi connectivity index (χ0v) is 17.0. The van der Waals surface area contributed by atoms with Gasteiger partial charge in [-0.2, -0.15) is 0 Å². The summed E-state index contributed by atoms with van der Waals surface area (Å²) in [7, 11) is 0. The molecule has 1 unspecified atom stereocenters. The molecular formula is C25H32ClN. The maximum Gasteiger partial charge on any atom is 0.0220 e. The number of nitrogens with zero attached hydrogens (tertiary/aromatic N) is 1. The van der Waals surface area contributed by atoms with Gasteiger partial charge in [0.1, 0.15) is 0 Å². The van der Waals surface area contributed by atoms with Gasteiger partial charge in [0, 0.05) is 11.5 Å². The van der Waals surface area contributed by atoms with Crippen LogP contribution in [0.5, 0.6) is 0 Å². The van der Waals surface area contributed by atoms with E-state index >= 15 is 0 Å². The van der Waals surface area contributed by atoms with Crippen LogP contribution in [0.3, 0.4) is 0 Å². The van der Waals surface area contributed by atoms with Gasteiger partial charge in [0.25, 0.3) is 0 Å². The van der Waals surface area contributed by atoms with Gasteiger partial charge in [-0.1, -0.05) is 73.5 Å². The number of halogens is 1. The van der Waals surface area contributed by atoms with E-state index in [1.165, 1.54) is 58.0 Å². The molecule has 144 valence electrons. The van der Waals surface area contributed by atoms with E-state index in [0.29, 0.717) is 0 Å². The molecule has 2 aromatic rings. The van der Waals surface area contributed by atoms with Crippen molar-refractivity contribution in [2.75, 3.05) is 13.1 Å². The fourth-order valence-corrected chi connectivity index (χ4v) is 5.75. The quantitative estimate of drug-likeness (QED) is 0.587. The first-order valence-electron chi connectivity index (χ1n) is 10.7. The summed E-state index contributed by atoms with van der Waals surface area (Å²) in [6, 6.07) is 23.7. The molecule has 1 aliphatic carbocycles. The first-order chi connectivity index (χ1) is 12.8. The predicted molar refractivity (Wildman–Crippen MR) is 116 cm³/mol. The largest absolute Gasteiger partial charge is 0.300 e. The van der Waals surface area contributed by atoms with Crippen molar-refractivity contribution in [3.63, 3.8) is 0 Å². The molecule has 2 aromatic carbocycles. The highest BCUT2D eigenvalue weighted by molar-refractivity contribution is 5.85. The lowest BCUT2D eigenvalue weighted by molar-refractivity contribution is 0.0340. The molecule has 3 heterocycles. The van der Waals surface area contributed by atoms with E-state index in [4.69, 9.17) is 0 Å². The summed E-state index contributed by atoms with van der Waals surface area (Å²) in [6.07, 6.45) is 9.78. The number of hydrogen-bond acceptors (Lipinski definition) is 1. The van der Waals surface area contributed by atoms with E-state index < -0.39 is 0 Å². The molecule has 4 aliphatic rings. The maximum absolute atomic E-state index is 2.81. The van der Waals surface area contributed by atoms with Gasteiger partial charge in [-0.3, -0.25) is 0 Å². The van der Waals surface area contributed by atoms with Gasteiger partial charge >= 0.3 is 0 Å². The second-order valence-electron chi connectivity index (χ2n) is 9.03. The number of benzene rings is 2. The van der Waals surface area contributed by atoms with Crippen molar-refractivity contribution in [1.29, 1.82) is 0 Å². The standard InChI is InChI=1S/C25H31N.ClH/c1-3-7-22(8-4-1)25(18-21-11-12-21,23-9-5-2-6-10-23)19-24-17-20-13-15-26(24)16-14-20;/h1-10,20-21,24H,11-19H2;1H. The number of hydrogen-bond donors (Lipinski definition) is 0. The zero-order valence-electron chi connectivity index (χ0n) is 16.2. The Bertz CT molecular complexity index is 677. The Morgan fingerprint density at radius 1 is 0.741 bits per heavy atom. The van der Waals surface area contributed by atoms with Crippen LogP contribution in [-0.4, -0.2) is 24.0 Å². The molecule has 3 saturated heterocycles. The van der Waals surface area contributed by atoms with Crippen LogP contribution >= 0.6 is 12.4 Å². The van der Waals surface area contributed by atoms with Crippen molar-refractivity contribution in [1.82, 2.24) is 4.90 Å². The Morgan fingerprint density at radius 2 is 1.30 bits per heavy atom. The monoisotopic (exact) mass is 381 g/mol. The molecule has 2 bridgehead atoms. The molecule has 1 atom stereocenters. The summed E-state index contributed by atoms with van der Waals surface area (Å²) in [5, 5.41) is 0. The predicted octanol–water partition coefficient (Wildman–Crippen LogP) is 6.07. The van der Waals surface area contributed by atoms with Crippen LogP contribution in [0, 0.1) is 11.8 Å². The minimum absolute atomic E-state index is 0. The van der Waals surface area contributed by atoms with Crippen LogP contribution in [0.4, 0.5) is 0 Å². The van der Waals surface area contributed by atoms with Crippen LogP contribution in [-0.2, 0) is 5.41 Å². The van der Waals surface area contributed by atoms with Crippen LogP contribution in [0.15, 0.2) is 60.7 Å². The summed E-state index contributed by atoms with van der Waals surface area (Å²) in [5.74, 6) is 1.90. The topological polar surface area (TPSA) is 3.24 Å². The third-order valence-electron chi connectivity index (χ3n) is 7.34. The van der Waals surface area contributed by atoms with Crippen LogP contribution in [0.2, 0.25) is 0 Å². The Balaban J connectivity index is 0.00000180. The minimum atomic E-state index is 0. The lowest BCUT2D eigenvalue weighted by atomic mass is 9.65. The molecule has 6 rings (SSSR count). The van der Waals surface area contributed by atoms with Crippen molar-refractivity contribution in [2.45, 2.75) is 56.4 Å². The zero-order chi connectivity index (χ0) is 17.4. The highest BCUT2D eigenvalue weighted by Gasteiger charge is 2.44. The van der Waals surface area contributed by atoms with E-state index in [2.05, 4.69) is 65.6 Å². The fraction of sp³-hybridized carbons (Fsp3) is 0.520. The normalized spacial score (nSPS) is 27.2. The van der Waals surface area contributed by atoms with E-state index in [1.54, 1.807) is 11.1 Å². The fourth-order valence-electron chi connectivity index (χ4n) is 5.75. The third-order valence-corrected chi connectivity index (χ3v) is 7.34. The second kappa shape index (κ2) is 7.97. The first-order valence-corrected chi connectivity index (χ1v) is 10.7. The Kier molecular flexibility index (Phi) is 5.62. The summed E-state index contributed by atoms with van der Waals surface area (Å²) in [5.41, 5.74) is 3.27. The van der Waals surface area contributed by atoms with Crippen LogP contribution < -0.4 is 0 Å². The highest BCUT2D eigenvalue weighted by Crippen LogP contribution is 2.50. The van der Waals surface area contributed by atoms with Crippen molar-refractivity contribution in [2.24, 2.45) is 11.8 Å². The molecule has 1 nitrogen and oxygen atoms in total. The maximum atomic E-state index is 2.81. The number of rotatable bonds is 6. The van der Waals surface area contributed by atoms with E-state index in [-0.39, 0.29) is 17.8 Å². The first kappa shape index (κ1) is 19.0. The van der Waals surface area contributed by atoms with Crippen molar-refractivity contribution >= 4 is 12.4 Å². The van der Waals surface area contributed by atoms with Gasteiger partial charge in [0.2, 0.25) is 0 Å². The lowest BCUT2D eigenvalue weighted by Gasteiger charge is -2.49. The Morgan fingerprint density at radius 3 is 1.74 bits per heavy atom. The minimum Gasteiger partial charge on any atom is -0.300 e. The van der Waals surface area contributed by atoms with Gasteiger partial charge < -0.3 is 4.90 Å². The number of fused-ring (bicyclic) bond motifs is 3. The summed E-state index contributed by atoms with van der Waals surface area (Å²) in [6.45, 7) is 2.66. The SMILES string of the molecule is Cl.c1ccc(C(CC2CC2)(CC2CC3CCN2CC3)c2ccccc2)cc1. The van der Waals surface area contributed by atoms with Gasteiger partial charge in [0.05, 0.1) is 0 Å². The Hall–Kier alpha value is -1.31. The molecular weight excluding hydrogens is 350 g/mol. The lowest BCUT2D eigenvalue weighted by Crippen LogP contribution is -2.51. The van der Waals surface area contributed by atoms with Crippen molar-refractivity contribution < 1.29 is 0 Å². The molecule has 27 heavy (non-hydrogen) atoms. The molecule has 0 spiro atoms. The molecule has 0 N–H and O–H groups in total. The van der Waals surface area contributed by atoms with E-state index in [9.17, 15) is 0 Å². The van der Waals surface area contributed by atoms with Gasteiger partial charge in [-0.25, -0.2) is 0 Å². The molecule has 0 radical (unpaired) electrons. The highest BCUT2D eigenvalue weighted by atomic mass is 35.5. The second-order valence-corrected chi connectivity index (χ2v) is 9.03. The summed E-state index contributed by atoms with van der Waals surface area (Å²) < 4.78 is 0. The van der Waals surface area contributed by atoms with Crippen molar-refractivity contribution in [3.8, 4) is 0 Å². The Labute approximate surface area is 170 Å².